The van der Waals surface area contributed by atoms with E-state index in [4.69, 9.17) is 0 Å². The van der Waals surface area contributed by atoms with E-state index in [2.05, 4.69) is 41.8 Å². The highest BCUT2D eigenvalue weighted by Crippen LogP contribution is 2.44. The number of likely N-dealkylation sites (N-methyl/N-ethyl adjacent to an activating group) is 1. The molecular weight excluding hydrogens is 304 g/mol. The number of halogens is 1. The van der Waals surface area contributed by atoms with Gasteiger partial charge < -0.3 is 10.6 Å². The normalized spacial score (nSPS) is 16.3. The zero-order valence-corrected chi connectivity index (χ0v) is 14.4. The Bertz CT molecular complexity index is 444. The lowest BCUT2D eigenvalue weighted by atomic mass is 10.1. The molecule has 2 rings (SSSR count). The van der Waals surface area contributed by atoms with Crippen molar-refractivity contribution in [2.24, 2.45) is 0 Å². The summed E-state index contributed by atoms with van der Waals surface area (Å²) in [5.74, 6) is 0.0864. The maximum atomic E-state index is 11.7. The molecule has 0 heterocycles. The lowest BCUT2D eigenvalue weighted by Gasteiger charge is -2.28. The van der Waals surface area contributed by atoms with E-state index >= 15 is 0 Å². The van der Waals surface area contributed by atoms with Crippen LogP contribution in [0.25, 0.3) is 0 Å². The lowest BCUT2D eigenvalue weighted by Crippen LogP contribution is -2.41. The van der Waals surface area contributed by atoms with Crippen molar-refractivity contribution in [3.8, 4) is 0 Å². The van der Waals surface area contributed by atoms with Gasteiger partial charge in [-0.25, -0.2) is 0 Å². The first-order chi connectivity index (χ1) is 9.63. The number of carbonyl (C=O) groups excluding carboxylic acids is 1. The first-order valence-corrected chi connectivity index (χ1v) is 8.12. The maximum Gasteiger partial charge on any atom is 0.233 e. The molecule has 3 nitrogen and oxygen atoms in total. The van der Waals surface area contributed by atoms with Crippen LogP contribution in [0.3, 0.4) is 0 Å². The molecule has 1 aliphatic rings. The summed E-state index contributed by atoms with van der Waals surface area (Å²) in [6.45, 7) is 3.27. The van der Waals surface area contributed by atoms with Crippen LogP contribution in [0.15, 0.2) is 29.2 Å². The zero-order valence-electron chi connectivity index (χ0n) is 12.8. The van der Waals surface area contributed by atoms with E-state index in [0.717, 1.165) is 6.54 Å². The Labute approximate surface area is 138 Å². The van der Waals surface area contributed by atoms with Crippen molar-refractivity contribution in [1.82, 2.24) is 10.6 Å². The Morgan fingerprint density at radius 3 is 2.43 bits per heavy atom. The molecule has 1 aromatic rings. The molecule has 1 fully saturated rings. The number of nitrogens with one attached hydrogen (secondary N) is 2. The van der Waals surface area contributed by atoms with E-state index in [0.29, 0.717) is 6.54 Å². The topological polar surface area (TPSA) is 41.1 Å². The zero-order chi connectivity index (χ0) is 14.4. The monoisotopic (exact) mass is 328 g/mol. The first-order valence-electron chi connectivity index (χ1n) is 7.31. The molecule has 118 valence electrons. The molecule has 21 heavy (non-hydrogen) atoms. The second-order valence-corrected chi connectivity index (χ2v) is 7.15. The molecule has 0 spiro atoms. The van der Waals surface area contributed by atoms with Crippen LogP contribution in [0, 0.1) is 6.92 Å². The van der Waals surface area contributed by atoms with Gasteiger partial charge in [0.05, 0.1) is 6.54 Å². The molecule has 1 saturated carbocycles. The van der Waals surface area contributed by atoms with Crippen molar-refractivity contribution in [3.63, 3.8) is 0 Å². The van der Waals surface area contributed by atoms with Gasteiger partial charge in [-0.05, 0) is 38.9 Å². The summed E-state index contributed by atoms with van der Waals surface area (Å²) in [5.41, 5.74) is 1.29. The number of aryl methyl sites for hydroxylation is 1. The Balaban J connectivity index is 0.00000220. The lowest BCUT2D eigenvalue weighted by molar-refractivity contribution is -0.120. The van der Waals surface area contributed by atoms with Crippen LogP contribution in [0.5, 0.6) is 0 Å². The third-order valence-corrected chi connectivity index (χ3v) is 5.31. The van der Waals surface area contributed by atoms with Crippen LogP contribution in [-0.2, 0) is 4.79 Å². The van der Waals surface area contributed by atoms with Gasteiger partial charge in [0.25, 0.3) is 0 Å². The van der Waals surface area contributed by atoms with Crippen LogP contribution < -0.4 is 10.6 Å². The molecule has 0 aliphatic heterocycles. The van der Waals surface area contributed by atoms with Gasteiger partial charge in [0.1, 0.15) is 0 Å². The number of hydrogen-bond acceptors (Lipinski definition) is 3. The Morgan fingerprint density at radius 2 is 1.86 bits per heavy atom. The number of rotatable bonds is 6. The summed E-state index contributed by atoms with van der Waals surface area (Å²) >= 11 is 1.93. The predicted molar refractivity (Wildman–Crippen MR) is 92.4 cm³/mol. The molecule has 0 atom stereocenters. The third-order valence-electron chi connectivity index (χ3n) is 3.82. The number of carbonyl (C=O) groups is 1. The van der Waals surface area contributed by atoms with Gasteiger partial charge in [0.2, 0.25) is 5.91 Å². The minimum absolute atomic E-state index is 0. The summed E-state index contributed by atoms with van der Waals surface area (Å²) in [6.07, 6.45) is 4.90. The average Bonchev–Trinajstić information content (AvgIpc) is 2.89. The quantitative estimate of drug-likeness (QED) is 0.842. The van der Waals surface area contributed by atoms with Crippen molar-refractivity contribution < 1.29 is 4.79 Å². The molecule has 0 saturated heterocycles. The summed E-state index contributed by atoms with van der Waals surface area (Å²) < 4.78 is 0.179. The summed E-state index contributed by atoms with van der Waals surface area (Å²) in [4.78, 5) is 13.0. The van der Waals surface area contributed by atoms with Crippen molar-refractivity contribution in [2.45, 2.75) is 42.2 Å². The second-order valence-electron chi connectivity index (χ2n) is 5.61. The maximum absolute atomic E-state index is 11.7. The predicted octanol–water partition coefficient (Wildman–Crippen LogP) is 3.16. The highest BCUT2D eigenvalue weighted by atomic mass is 35.5. The van der Waals surface area contributed by atoms with Crippen LogP contribution >= 0.6 is 24.2 Å². The van der Waals surface area contributed by atoms with Crippen LogP contribution in [0.2, 0.25) is 0 Å². The molecule has 2 N–H and O–H groups in total. The van der Waals surface area contributed by atoms with Crippen molar-refractivity contribution in [2.75, 3.05) is 20.1 Å². The van der Waals surface area contributed by atoms with Gasteiger partial charge >= 0.3 is 0 Å². The molecule has 1 amide bonds. The van der Waals surface area contributed by atoms with Crippen molar-refractivity contribution in [3.05, 3.63) is 29.8 Å². The van der Waals surface area contributed by atoms with Gasteiger partial charge in [0.15, 0.2) is 0 Å². The molecule has 0 unspecified atom stereocenters. The van der Waals surface area contributed by atoms with E-state index in [9.17, 15) is 4.79 Å². The Kier molecular flexibility index (Phi) is 7.57. The number of thioether (sulfide) groups is 1. The SMILES string of the molecule is CNCC(=O)NCC1(Sc2ccc(C)cc2)CCCC1.Cl. The molecule has 0 radical (unpaired) electrons. The highest BCUT2D eigenvalue weighted by molar-refractivity contribution is 8.00. The van der Waals surface area contributed by atoms with Crippen molar-refractivity contribution in [1.29, 1.82) is 0 Å². The van der Waals surface area contributed by atoms with Crippen LogP contribution in [-0.4, -0.2) is 30.8 Å². The van der Waals surface area contributed by atoms with E-state index in [-0.39, 0.29) is 23.1 Å². The fourth-order valence-corrected chi connectivity index (χ4v) is 4.08. The average molecular weight is 329 g/mol. The highest BCUT2D eigenvalue weighted by Gasteiger charge is 2.35. The number of amides is 1. The second kappa shape index (κ2) is 8.66. The Morgan fingerprint density at radius 1 is 1.24 bits per heavy atom. The summed E-state index contributed by atoms with van der Waals surface area (Å²) in [6, 6.07) is 8.69. The minimum Gasteiger partial charge on any atom is -0.354 e. The van der Waals surface area contributed by atoms with Gasteiger partial charge in [-0.15, -0.1) is 24.2 Å². The van der Waals surface area contributed by atoms with E-state index in [1.165, 1.54) is 36.1 Å². The summed E-state index contributed by atoms with van der Waals surface area (Å²) in [5, 5.41) is 5.97. The summed E-state index contributed by atoms with van der Waals surface area (Å²) in [7, 11) is 1.80. The fraction of sp³-hybridized carbons (Fsp3) is 0.562. The van der Waals surface area contributed by atoms with E-state index < -0.39 is 0 Å². The molecule has 0 bridgehead atoms. The number of hydrogen-bond donors (Lipinski definition) is 2. The van der Waals surface area contributed by atoms with Gasteiger partial charge in [0, 0.05) is 16.2 Å². The minimum atomic E-state index is 0. The van der Waals surface area contributed by atoms with E-state index in [1.54, 1.807) is 7.05 Å². The van der Waals surface area contributed by atoms with E-state index in [1.807, 2.05) is 11.8 Å². The molecule has 0 aromatic heterocycles. The van der Waals surface area contributed by atoms with Crippen molar-refractivity contribution >= 4 is 30.1 Å². The Hall–Kier alpha value is -0.710. The fourth-order valence-electron chi connectivity index (χ4n) is 2.67. The molecule has 1 aliphatic carbocycles. The largest absolute Gasteiger partial charge is 0.354 e. The molecule has 5 heteroatoms. The van der Waals surface area contributed by atoms with Gasteiger partial charge in [-0.3, -0.25) is 4.79 Å². The first kappa shape index (κ1) is 18.3. The molecule has 1 aromatic carbocycles. The standard InChI is InChI=1S/C16H24N2OS.ClH/c1-13-5-7-14(8-6-13)20-16(9-3-4-10-16)12-18-15(19)11-17-2;/h5-8,17H,3-4,9-12H2,1-2H3,(H,18,19);1H. The number of benzene rings is 1. The van der Waals surface area contributed by atoms with Gasteiger partial charge in [-0.1, -0.05) is 30.5 Å². The smallest absolute Gasteiger partial charge is 0.233 e. The van der Waals surface area contributed by atoms with Crippen LogP contribution in [0.4, 0.5) is 0 Å². The van der Waals surface area contributed by atoms with Gasteiger partial charge in [-0.2, -0.15) is 0 Å². The third kappa shape index (κ3) is 5.53. The molecular formula is C16H25ClN2OS. The van der Waals surface area contributed by atoms with Crippen LogP contribution in [0.1, 0.15) is 31.2 Å².